The predicted octanol–water partition coefficient (Wildman–Crippen LogP) is 1.70. The van der Waals surface area contributed by atoms with Crippen molar-refractivity contribution in [2.75, 3.05) is 6.61 Å². The maximum atomic E-state index is 12.5. The minimum Gasteiger partial charge on any atom is -0.491 e. The first-order chi connectivity index (χ1) is 10.4. The van der Waals surface area contributed by atoms with E-state index >= 15 is 0 Å². The number of ether oxygens (including phenoxy) is 1. The highest BCUT2D eigenvalue weighted by Gasteiger charge is 2.33. The molecule has 0 aliphatic heterocycles. The van der Waals surface area contributed by atoms with E-state index < -0.39 is 30.1 Å². The van der Waals surface area contributed by atoms with E-state index in [1.807, 2.05) is 0 Å². The van der Waals surface area contributed by atoms with Gasteiger partial charge in [-0.25, -0.2) is 4.68 Å². The minimum atomic E-state index is -4.65. The van der Waals surface area contributed by atoms with Gasteiger partial charge in [0, 0.05) is 6.07 Å². The smallest absolute Gasteiger partial charge is 0.435 e. The van der Waals surface area contributed by atoms with Crippen LogP contribution in [0.15, 0.2) is 47.3 Å². The molecule has 118 valence electrons. The number of nitrogens with zero attached hydrogens (tertiary/aromatic N) is 2. The summed E-state index contributed by atoms with van der Waals surface area (Å²) < 4.78 is 43.5. The molecule has 0 fully saturated rings. The van der Waals surface area contributed by atoms with Crippen LogP contribution in [-0.4, -0.2) is 27.6 Å². The second kappa shape index (κ2) is 6.61. The van der Waals surface area contributed by atoms with Crippen LogP contribution in [0, 0.1) is 0 Å². The molecular formula is C14H13F3N2O3. The number of rotatable bonds is 5. The highest BCUT2D eigenvalue weighted by Crippen LogP contribution is 2.26. The van der Waals surface area contributed by atoms with Gasteiger partial charge in [-0.3, -0.25) is 4.79 Å². The highest BCUT2D eigenvalue weighted by atomic mass is 19.4. The second-order valence-electron chi connectivity index (χ2n) is 4.51. The van der Waals surface area contributed by atoms with Gasteiger partial charge in [0.2, 0.25) is 0 Å². The van der Waals surface area contributed by atoms with E-state index in [2.05, 4.69) is 5.10 Å². The summed E-state index contributed by atoms with van der Waals surface area (Å²) in [6, 6.07) is 9.96. The van der Waals surface area contributed by atoms with Gasteiger partial charge in [0.25, 0.3) is 5.56 Å². The summed E-state index contributed by atoms with van der Waals surface area (Å²) in [5, 5.41) is 13.0. The third-order valence-corrected chi connectivity index (χ3v) is 2.73. The Morgan fingerprint density at radius 1 is 1.18 bits per heavy atom. The fraction of sp³-hybridized carbons (Fsp3) is 0.286. The van der Waals surface area contributed by atoms with E-state index in [0.29, 0.717) is 16.5 Å². The molecule has 1 N–H and O–H groups in total. The Morgan fingerprint density at radius 3 is 2.50 bits per heavy atom. The number of aromatic nitrogens is 2. The Balaban J connectivity index is 2.02. The van der Waals surface area contributed by atoms with Gasteiger partial charge in [-0.2, -0.15) is 18.3 Å². The van der Waals surface area contributed by atoms with Crippen LogP contribution in [0.1, 0.15) is 5.69 Å². The molecule has 8 heteroatoms. The molecule has 22 heavy (non-hydrogen) atoms. The van der Waals surface area contributed by atoms with Crippen molar-refractivity contribution in [2.45, 2.75) is 18.8 Å². The summed E-state index contributed by atoms with van der Waals surface area (Å²) in [4.78, 5) is 11.5. The lowest BCUT2D eigenvalue weighted by molar-refractivity contribution is -0.142. The minimum absolute atomic E-state index is 0.172. The first kappa shape index (κ1) is 16.0. The number of hydrogen-bond donors (Lipinski definition) is 1. The summed E-state index contributed by atoms with van der Waals surface area (Å²) in [6.45, 7) is -0.566. The first-order valence-electron chi connectivity index (χ1n) is 6.37. The summed E-state index contributed by atoms with van der Waals surface area (Å²) in [5.41, 5.74) is -1.92. The second-order valence-corrected chi connectivity index (χ2v) is 4.51. The molecule has 0 unspecified atom stereocenters. The molecule has 1 atom stereocenters. The number of halogens is 3. The molecule has 2 rings (SSSR count). The van der Waals surface area contributed by atoms with Gasteiger partial charge in [-0.15, -0.1) is 0 Å². The predicted molar refractivity (Wildman–Crippen MR) is 71.4 cm³/mol. The van der Waals surface area contributed by atoms with Crippen molar-refractivity contribution in [3.05, 3.63) is 58.5 Å². The van der Waals surface area contributed by atoms with E-state index in [4.69, 9.17) is 4.74 Å². The van der Waals surface area contributed by atoms with Crippen molar-refractivity contribution >= 4 is 0 Å². The van der Waals surface area contributed by atoms with Crippen LogP contribution in [0.2, 0.25) is 0 Å². The monoisotopic (exact) mass is 314 g/mol. The maximum Gasteiger partial charge on any atom is 0.435 e. The zero-order chi connectivity index (χ0) is 16.2. The van der Waals surface area contributed by atoms with Gasteiger partial charge in [0.15, 0.2) is 5.69 Å². The number of hydrogen-bond acceptors (Lipinski definition) is 4. The topological polar surface area (TPSA) is 64.4 Å². The molecule has 0 saturated heterocycles. The molecule has 1 aromatic heterocycles. The zero-order valence-electron chi connectivity index (χ0n) is 11.3. The number of aliphatic hydroxyl groups is 1. The van der Waals surface area contributed by atoms with Crippen LogP contribution in [0.3, 0.4) is 0 Å². The number of benzene rings is 1. The Kier molecular flexibility index (Phi) is 4.81. The van der Waals surface area contributed by atoms with Crippen LogP contribution in [-0.2, 0) is 12.7 Å². The Labute approximate surface area is 123 Å². The standard InChI is InChI=1S/C14H13F3N2O3/c15-14(16,17)12-6-7-13(21)19(18-12)8-10(20)9-22-11-4-2-1-3-5-11/h1-7,10,20H,8-9H2/t10-/m1/s1. The summed E-state index contributed by atoms with van der Waals surface area (Å²) in [6.07, 6.45) is -5.82. The van der Waals surface area contributed by atoms with Crippen molar-refractivity contribution in [2.24, 2.45) is 0 Å². The van der Waals surface area contributed by atoms with E-state index in [9.17, 15) is 23.1 Å². The van der Waals surface area contributed by atoms with Gasteiger partial charge in [-0.05, 0) is 18.2 Å². The van der Waals surface area contributed by atoms with Crippen molar-refractivity contribution < 1.29 is 23.0 Å². The molecule has 0 bridgehead atoms. The van der Waals surface area contributed by atoms with Crippen molar-refractivity contribution in [3.8, 4) is 5.75 Å². The van der Waals surface area contributed by atoms with Gasteiger partial charge < -0.3 is 9.84 Å². The average molecular weight is 314 g/mol. The molecule has 0 radical (unpaired) electrons. The van der Waals surface area contributed by atoms with Crippen molar-refractivity contribution in [1.82, 2.24) is 9.78 Å². The maximum absolute atomic E-state index is 12.5. The lowest BCUT2D eigenvalue weighted by Gasteiger charge is -2.14. The summed E-state index contributed by atoms with van der Waals surface area (Å²) in [5.74, 6) is 0.505. The molecule has 0 aliphatic rings. The zero-order valence-corrected chi connectivity index (χ0v) is 11.3. The van der Waals surface area contributed by atoms with Crippen LogP contribution in [0.4, 0.5) is 13.2 Å². The molecule has 0 spiro atoms. The fourth-order valence-corrected chi connectivity index (χ4v) is 1.69. The lowest BCUT2D eigenvalue weighted by Crippen LogP contribution is -2.33. The summed E-state index contributed by atoms with van der Waals surface area (Å²) in [7, 11) is 0. The SMILES string of the molecule is O=c1ccc(C(F)(F)F)nn1C[C@@H](O)COc1ccccc1. The summed E-state index contributed by atoms with van der Waals surface area (Å²) >= 11 is 0. The Hall–Kier alpha value is -2.35. The van der Waals surface area contributed by atoms with E-state index in [-0.39, 0.29) is 6.61 Å². The number of para-hydroxylation sites is 1. The van der Waals surface area contributed by atoms with Crippen molar-refractivity contribution in [1.29, 1.82) is 0 Å². The molecule has 0 amide bonds. The van der Waals surface area contributed by atoms with Crippen LogP contribution >= 0.6 is 0 Å². The third kappa shape index (κ3) is 4.32. The molecule has 1 heterocycles. The quantitative estimate of drug-likeness (QED) is 0.912. The number of aliphatic hydroxyl groups excluding tert-OH is 1. The Morgan fingerprint density at radius 2 is 1.86 bits per heavy atom. The lowest BCUT2D eigenvalue weighted by atomic mass is 10.3. The molecule has 2 aromatic rings. The Bertz CT molecular complexity index is 671. The number of alkyl halides is 3. The van der Waals surface area contributed by atoms with Gasteiger partial charge in [0.05, 0.1) is 6.54 Å². The van der Waals surface area contributed by atoms with Crippen LogP contribution in [0.25, 0.3) is 0 Å². The van der Waals surface area contributed by atoms with Gasteiger partial charge in [0.1, 0.15) is 18.5 Å². The molecular weight excluding hydrogens is 301 g/mol. The van der Waals surface area contributed by atoms with E-state index in [0.717, 1.165) is 6.07 Å². The largest absolute Gasteiger partial charge is 0.491 e. The third-order valence-electron chi connectivity index (χ3n) is 2.73. The van der Waals surface area contributed by atoms with Crippen LogP contribution in [0.5, 0.6) is 5.75 Å². The molecule has 5 nitrogen and oxygen atoms in total. The molecule has 0 aliphatic carbocycles. The van der Waals surface area contributed by atoms with Gasteiger partial charge in [-0.1, -0.05) is 18.2 Å². The van der Waals surface area contributed by atoms with Crippen molar-refractivity contribution in [3.63, 3.8) is 0 Å². The average Bonchev–Trinajstić information content (AvgIpc) is 2.47. The highest BCUT2D eigenvalue weighted by molar-refractivity contribution is 5.20. The van der Waals surface area contributed by atoms with Gasteiger partial charge >= 0.3 is 6.18 Å². The van der Waals surface area contributed by atoms with E-state index in [1.165, 1.54) is 0 Å². The normalized spacial score (nSPS) is 12.9. The fourth-order valence-electron chi connectivity index (χ4n) is 1.69. The van der Waals surface area contributed by atoms with E-state index in [1.54, 1.807) is 30.3 Å². The van der Waals surface area contributed by atoms with Crippen LogP contribution < -0.4 is 10.3 Å². The molecule has 0 saturated carbocycles. The first-order valence-corrected chi connectivity index (χ1v) is 6.37. The molecule has 1 aromatic carbocycles.